The van der Waals surface area contributed by atoms with E-state index in [9.17, 15) is 0 Å². The van der Waals surface area contributed by atoms with E-state index in [0.717, 1.165) is 7.27 Å². The monoisotopic (exact) mass is 396 g/mol. The summed E-state index contributed by atoms with van der Waals surface area (Å²) in [7, 11) is 1.55. The van der Waals surface area contributed by atoms with E-state index in [2.05, 4.69) is 55.1 Å². The van der Waals surface area contributed by atoms with Gasteiger partial charge in [-0.2, -0.15) is 4.98 Å². The van der Waals surface area contributed by atoms with Crippen LogP contribution in [0.25, 0.3) is 0 Å². The molecule has 1 heterocycles. The molecule has 1 rings (SSSR count). The number of methoxy groups -OCH3 is 1. The van der Waals surface area contributed by atoms with Crippen LogP contribution in [0.5, 0.6) is 5.88 Å². The Kier molecular flexibility index (Phi) is 3.56. The van der Waals surface area contributed by atoms with E-state index >= 15 is 0 Å². The van der Waals surface area contributed by atoms with Crippen LogP contribution < -0.4 is 4.74 Å². The third-order valence-corrected chi connectivity index (χ3v) is 3.90. The number of nitrogens with zero attached hydrogens (tertiary/aromatic N) is 2. The van der Waals surface area contributed by atoms with Gasteiger partial charge in [0.25, 0.3) is 0 Å². The molecular weight excluding hydrogens is 393 g/mol. The van der Waals surface area contributed by atoms with Crippen LogP contribution in [0.2, 0.25) is 5.28 Å². The third kappa shape index (κ3) is 2.28. The first-order valence-electron chi connectivity index (χ1n) is 2.57. The molecule has 6 heteroatoms. The number of aromatic nitrogens is 2. The highest BCUT2D eigenvalue weighted by Gasteiger charge is 2.08. The average molecular weight is 396 g/mol. The van der Waals surface area contributed by atoms with Gasteiger partial charge in [0.15, 0.2) is 0 Å². The minimum atomic E-state index is 0.215. The standard InChI is InChI=1S/C5H3ClI2N2O/c1-11-4-2(7)3(8)9-5(6)10-4/h1H3. The molecule has 0 N–H and O–H groups in total. The van der Waals surface area contributed by atoms with Crippen LogP contribution in [0, 0.1) is 7.27 Å². The van der Waals surface area contributed by atoms with E-state index in [1.54, 1.807) is 7.11 Å². The third-order valence-electron chi connectivity index (χ3n) is 0.946. The number of rotatable bonds is 1. The van der Waals surface area contributed by atoms with E-state index in [-0.39, 0.29) is 5.28 Å². The van der Waals surface area contributed by atoms with Crippen LogP contribution in [0.1, 0.15) is 0 Å². The molecule has 0 spiro atoms. The summed E-state index contributed by atoms with van der Waals surface area (Å²) in [4.78, 5) is 7.81. The van der Waals surface area contributed by atoms with Gasteiger partial charge in [0.2, 0.25) is 11.2 Å². The van der Waals surface area contributed by atoms with Crippen molar-refractivity contribution in [3.05, 3.63) is 12.6 Å². The van der Waals surface area contributed by atoms with Crippen molar-refractivity contribution in [2.24, 2.45) is 0 Å². The Morgan fingerprint density at radius 3 is 2.55 bits per heavy atom. The molecule has 0 bridgehead atoms. The summed E-state index contributed by atoms with van der Waals surface area (Å²) in [5.41, 5.74) is 0. The van der Waals surface area contributed by atoms with Gasteiger partial charge in [-0.15, -0.1) is 0 Å². The minimum Gasteiger partial charge on any atom is -0.480 e. The molecule has 1 aromatic rings. The molecule has 0 fully saturated rings. The predicted octanol–water partition coefficient (Wildman–Crippen LogP) is 2.35. The molecule has 3 nitrogen and oxygen atoms in total. The molecule has 1 aromatic heterocycles. The normalized spacial score (nSPS) is 9.82. The second-order valence-electron chi connectivity index (χ2n) is 1.61. The Morgan fingerprint density at radius 2 is 2.00 bits per heavy atom. The Labute approximate surface area is 96.2 Å². The van der Waals surface area contributed by atoms with E-state index in [1.807, 2.05) is 0 Å². The Balaban J connectivity index is 3.24. The van der Waals surface area contributed by atoms with E-state index in [4.69, 9.17) is 16.3 Å². The fourth-order valence-corrected chi connectivity index (χ4v) is 1.74. The lowest BCUT2D eigenvalue weighted by Gasteiger charge is -2.02. The van der Waals surface area contributed by atoms with Gasteiger partial charge in [0.1, 0.15) is 7.27 Å². The molecule has 0 atom stereocenters. The van der Waals surface area contributed by atoms with Crippen LogP contribution >= 0.6 is 56.8 Å². The topological polar surface area (TPSA) is 35.0 Å². The quantitative estimate of drug-likeness (QED) is 0.415. The van der Waals surface area contributed by atoms with Crippen molar-refractivity contribution < 1.29 is 4.74 Å². The molecule has 0 aliphatic carbocycles. The lowest BCUT2D eigenvalue weighted by atomic mass is 10.6. The highest BCUT2D eigenvalue weighted by Crippen LogP contribution is 2.23. The maximum Gasteiger partial charge on any atom is 0.232 e. The smallest absolute Gasteiger partial charge is 0.232 e. The lowest BCUT2D eigenvalue weighted by molar-refractivity contribution is 0.393. The number of hydrogen-bond acceptors (Lipinski definition) is 3. The number of ether oxygens (including phenoxy) is 1. The van der Waals surface area contributed by atoms with Gasteiger partial charge in [-0.3, -0.25) is 0 Å². The van der Waals surface area contributed by atoms with Gasteiger partial charge in [0.05, 0.1) is 7.11 Å². The van der Waals surface area contributed by atoms with Gasteiger partial charge >= 0.3 is 0 Å². The van der Waals surface area contributed by atoms with Crippen molar-refractivity contribution in [1.29, 1.82) is 0 Å². The maximum absolute atomic E-state index is 5.59. The molecule has 0 aliphatic rings. The Morgan fingerprint density at radius 1 is 1.36 bits per heavy atom. The van der Waals surface area contributed by atoms with Crippen LogP contribution in [0.3, 0.4) is 0 Å². The molecule has 0 saturated heterocycles. The molecule has 0 aliphatic heterocycles. The second-order valence-corrected chi connectivity index (χ2v) is 4.05. The van der Waals surface area contributed by atoms with Crippen LogP contribution in [-0.2, 0) is 0 Å². The maximum atomic E-state index is 5.59. The van der Waals surface area contributed by atoms with Gasteiger partial charge in [-0.1, -0.05) is 0 Å². The summed E-state index contributed by atoms with van der Waals surface area (Å²) in [5, 5.41) is 0.215. The highest BCUT2D eigenvalue weighted by atomic mass is 127. The van der Waals surface area contributed by atoms with Gasteiger partial charge in [0, 0.05) is 0 Å². The zero-order valence-corrected chi connectivity index (χ0v) is 10.5. The van der Waals surface area contributed by atoms with Gasteiger partial charge < -0.3 is 4.74 Å². The van der Waals surface area contributed by atoms with Gasteiger partial charge in [-0.25, -0.2) is 4.98 Å². The number of halogens is 3. The largest absolute Gasteiger partial charge is 0.480 e. The Hall–Kier alpha value is 0.630. The molecule has 0 unspecified atom stereocenters. The summed E-state index contributed by atoms with van der Waals surface area (Å²) in [6.45, 7) is 0. The molecule has 0 amide bonds. The first-order valence-corrected chi connectivity index (χ1v) is 5.11. The van der Waals surface area contributed by atoms with Crippen LogP contribution in [0.15, 0.2) is 0 Å². The lowest BCUT2D eigenvalue weighted by Crippen LogP contribution is -1.97. The van der Waals surface area contributed by atoms with Crippen molar-refractivity contribution in [1.82, 2.24) is 9.97 Å². The molecule has 0 aromatic carbocycles. The molecule has 60 valence electrons. The van der Waals surface area contributed by atoms with Gasteiger partial charge in [-0.05, 0) is 56.8 Å². The van der Waals surface area contributed by atoms with Crippen LogP contribution in [0.4, 0.5) is 0 Å². The number of hydrogen-bond donors (Lipinski definition) is 0. The highest BCUT2D eigenvalue weighted by molar-refractivity contribution is 14.1. The average Bonchev–Trinajstić information content (AvgIpc) is 1.96. The molecular formula is C5H3ClI2N2O. The summed E-state index contributed by atoms with van der Waals surface area (Å²) < 4.78 is 6.65. The fourth-order valence-electron chi connectivity index (χ4n) is 0.511. The van der Waals surface area contributed by atoms with Crippen molar-refractivity contribution in [2.45, 2.75) is 0 Å². The Bertz CT molecular complexity index is 281. The SMILES string of the molecule is COc1nc(Cl)nc(I)c1I. The first kappa shape index (κ1) is 9.72. The van der Waals surface area contributed by atoms with E-state index in [1.165, 1.54) is 0 Å². The summed E-state index contributed by atoms with van der Waals surface area (Å²) >= 11 is 9.77. The summed E-state index contributed by atoms with van der Waals surface area (Å²) in [6, 6.07) is 0. The molecule has 0 saturated carbocycles. The van der Waals surface area contributed by atoms with Crippen LogP contribution in [-0.4, -0.2) is 17.1 Å². The molecule has 11 heavy (non-hydrogen) atoms. The minimum absolute atomic E-state index is 0.215. The first-order chi connectivity index (χ1) is 5.15. The van der Waals surface area contributed by atoms with Crippen molar-refractivity contribution in [3.8, 4) is 5.88 Å². The summed E-state index contributed by atoms with van der Waals surface area (Å²) in [6.07, 6.45) is 0. The zero-order chi connectivity index (χ0) is 8.43. The molecule has 0 radical (unpaired) electrons. The fraction of sp³-hybridized carbons (Fsp3) is 0.200. The van der Waals surface area contributed by atoms with E-state index < -0.39 is 0 Å². The predicted molar refractivity (Wildman–Crippen MR) is 59.0 cm³/mol. The van der Waals surface area contributed by atoms with E-state index in [0.29, 0.717) is 5.88 Å². The summed E-state index contributed by atoms with van der Waals surface area (Å²) in [5.74, 6) is 0.523. The van der Waals surface area contributed by atoms with Crippen molar-refractivity contribution in [2.75, 3.05) is 7.11 Å². The van der Waals surface area contributed by atoms with Crippen molar-refractivity contribution in [3.63, 3.8) is 0 Å². The van der Waals surface area contributed by atoms with Crippen molar-refractivity contribution >= 4 is 56.8 Å². The zero-order valence-electron chi connectivity index (χ0n) is 5.44. The second kappa shape index (κ2) is 4.04.